The fourth-order valence-electron chi connectivity index (χ4n) is 4.08. The molecule has 1 aliphatic heterocycles. The number of hydrogen-bond donors (Lipinski definition) is 0. The van der Waals surface area contributed by atoms with E-state index in [0.717, 1.165) is 41.9 Å². The van der Waals surface area contributed by atoms with E-state index >= 15 is 0 Å². The molecule has 0 aliphatic carbocycles. The van der Waals surface area contributed by atoms with Gasteiger partial charge in [-0.05, 0) is 81.3 Å². The Kier molecular flexibility index (Phi) is 6.42. The van der Waals surface area contributed by atoms with Gasteiger partial charge in [0.2, 0.25) is 0 Å². The van der Waals surface area contributed by atoms with Gasteiger partial charge in [-0.3, -0.25) is 4.90 Å². The van der Waals surface area contributed by atoms with E-state index in [1.54, 1.807) is 0 Å². The van der Waals surface area contributed by atoms with E-state index in [4.69, 9.17) is 4.74 Å². The van der Waals surface area contributed by atoms with Crippen molar-refractivity contribution in [1.29, 1.82) is 0 Å². The molecule has 1 heterocycles. The van der Waals surface area contributed by atoms with Gasteiger partial charge in [0, 0.05) is 23.1 Å². The first-order valence-electron chi connectivity index (χ1n) is 9.72. The Morgan fingerprint density at radius 3 is 2.27 bits per heavy atom. The summed E-state index contributed by atoms with van der Waals surface area (Å²) in [6, 6.07) is 14.2. The van der Waals surface area contributed by atoms with Crippen LogP contribution < -0.4 is 4.74 Å². The highest BCUT2D eigenvalue weighted by Gasteiger charge is 2.26. The summed E-state index contributed by atoms with van der Waals surface area (Å²) in [7, 11) is 0. The minimum atomic E-state index is 0.717. The van der Waals surface area contributed by atoms with E-state index in [2.05, 4.69) is 84.9 Å². The third-order valence-electron chi connectivity index (χ3n) is 5.79. The largest absolute Gasteiger partial charge is 0.493 e. The molecule has 0 bridgehead atoms. The van der Waals surface area contributed by atoms with Gasteiger partial charge < -0.3 is 4.74 Å². The minimum Gasteiger partial charge on any atom is -0.493 e. The number of ether oxygens (including phenoxy) is 1. The maximum absolute atomic E-state index is 6.16. The normalized spacial score (nSPS) is 20.5. The lowest BCUT2D eigenvalue weighted by molar-refractivity contribution is 0.191. The molecule has 2 aromatic rings. The van der Waals surface area contributed by atoms with Crippen LogP contribution in [0.15, 0.2) is 40.9 Å². The topological polar surface area (TPSA) is 12.5 Å². The monoisotopic (exact) mass is 415 g/mol. The smallest absolute Gasteiger partial charge is 0.122 e. The molecule has 0 radical (unpaired) electrons. The Balaban J connectivity index is 1.65. The van der Waals surface area contributed by atoms with Gasteiger partial charge in [0.15, 0.2) is 0 Å². The minimum absolute atomic E-state index is 0.717. The van der Waals surface area contributed by atoms with Crippen molar-refractivity contribution in [2.45, 2.75) is 59.0 Å². The number of benzene rings is 2. The van der Waals surface area contributed by atoms with Gasteiger partial charge in [0.1, 0.15) is 5.75 Å². The maximum atomic E-state index is 6.16. The van der Waals surface area contributed by atoms with Crippen molar-refractivity contribution in [2.24, 2.45) is 0 Å². The summed E-state index contributed by atoms with van der Waals surface area (Å²) in [6.07, 6.45) is 3.73. The van der Waals surface area contributed by atoms with Gasteiger partial charge in [-0.1, -0.05) is 40.2 Å². The second-order valence-electron chi connectivity index (χ2n) is 7.56. The van der Waals surface area contributed by atoms with E-state index in [-0.39, 0.29) is 0 Å². The molecule has 2 unspecified atom stereocenters. The molecule has 0 N–H and O–H groups in total. The third-order valence-corrected chi connectivity index (χ3v) is 6.65. The van der Waals surface area contributed by atoms with Crippen LogP contribution in [0.3, 0.4) is 0 Å². The number of nitrogens with zero attached hydrogens (tertiary/aromatic N) is 1. The SMILES string of the molecule is Cc1c(Br)cccc1-c1cccc(OCCCN2C(C)CCC2C)c1C. The molecule has 1 fully saturated rings. The van der Waals surface area contributed by atoms with Gasteiger partial charge in [-0.15, -0.1) is 0 Å². The Hall–Kier alpha value is -1.32. The molecule has 1 aliphatic rings. The summed E-state index contributed by atoms with van der Waals surface area (Å²) in [4.78, 5) is 2.62. The summed E-state index contributed by atoms with van der Waals surface area (Å²) >= 11 is 3.64. The zero-order chi connectivity index (χ0) is 18.7. The standard InChI is InChI=1S/C23H30BrNO/c1-16-12-13-17(2)25(16)14-7-15-26-23-11-6-9-21(19(23)4)20-8-5-10-22(24)18(20)3/h5-6,8-11,16-17H,7,12-15H2,1-4H3. The fourth-order valence-corrected chi connectivity index (χ4v) is 4.45. The lowest BCUT2D eigenvalue weighted by atomic mass is 9.96. The van der Waals surface area contributed by atoms with Crippen LogP contribution in [0.4, 0.5) is 0 Å². The number of halogens is 1. The molecule has 140 valence electrons. The van der Waals surface area contributed by atoms with Crippen LogP contribution in [0.2, 0.25) is 0 Å². The van der Waals surface area contributed by atoms with E-state index in [0.29, 0.717) is 0 Å². The van der Waals surface area contributed by atoms with Crippen molar-refractivity contribution in [1.82, 2.24) is 4.90 Å². The van der Waals surface area contributed by atoms with E-state index in [1.807, 2.05) is 0 Å². The predicted octanol–water partition coefficient (Wildman–Crippen LogP) is 6.37. The summed E-state index contributed by atoms with van der Waals surface area (Å²) in [6.45, 7) is 10.9. The van der Waals surface area contributed by atoms with E-state index < -0.39 is 0 Å². The first-order chi connectivity index (χ1) is 12.5. The van der Waals surface area contributed by atoms with E-state index in [9.17, 15) is 0 Å². The molecule has 0 saturated carbocycles. The quantitative estimate of drug-likeness (QED) is 0.507. The van der Waals surface area contributed by atoms with Gasteiger partial charge in [0.05, 0.1) is 6.61 Å². The lowest BCUT2D eigenvalue weighted by Crippen LogP contribution is -2.34. The van der Waals surface area contributed by atoms with Crippen molar-refractivity contribution < 1.29 is 4.74 Å². The highest BCUT2D eigenvalue weighted by molar-refractivity contribution is 9.10. The Bertz CT molecular complexity index is 748. The van der Waals surface area contributed by atoms with Gasteiger partial charge in [-0.25, -0.2) is 0 Å². The summed E-state index contributed by atoms with van der Waals surface area (Å²) in [5.74, 6) is 1.00. The molecule has 2 aromatic carbocycles. The predicted molar refractivity (Wildman–Crippen MR) is 114 cm³/mol. The molecule has 26 heavy (non-hydrogen) atoms. The zero-order valence-electron chi connectivity index (χ0n) is 16.4. The Morgan fingerprint density at radius 2 is 1.58 bits per heavy atom. The second-order valence-corrected chi connectivity index (χ2v) is 8.41. The van der Waals surface area contributed by atoms with Crippen LogP contribution in [0, 0.1) is 13.8 Å². The highest BCUT2D eigenvalue weighted by atomic mass is 79.9. The molecular weight excluding hydrogens is 386 g/mol. The highest BCUT2D eigenvalue weighted by Crippen LogP contribution is 2.34. The average molecular weight is 416 g/mol. The molecule has 2 nitrogen and oxygen atoms in total. The summed E-state index contributed by atoms with van der Waals surface area (Å²) in [5.41, 5.74) is 5.01. The van der Waals surface area contributed by atoms with E-state index in [1.165, 1.54) is 35.1 Å². The Labute approximate surface area is 166 Å². The molecule has 0 aromatic heterocycles. The molecule has 2 atom stereocenters. The molecule has 1 saturated heterocycles. The number of rotatable bonds is 6. The van der Waals surface area contributed by atoms with Crippen LogP contribution in [0.5, 0.6) is 5.75 Å². The van der Waals surface area contributed by atoms with Crippen LogP contribution in [0.1, 0.15) is 44.2 Å². The maximum Gasteiger partial charge on any atom is 0.122 e. The lowest BCUT2D eigenvalue weighted by Gasteiger charge is -2.25. The van der Waals surface area contributed by atoms with Gasteiger partial charge in [0.25, 0.3) is 0 Å². The van der Waals surface area contributed by atoms with Crippen molar-refractivity contribution in [3.63, 3.8) is 0 Å². The van der Waals surface area contributed by atoms with Gasteiger partial charge in [-0.2, -0.15) is 0 Å². The fraction of sp³-hybridized carbons (Fsp3) is 0.478. The van der Waals surface area contributed by atoms with Crippen molar-refractivity contribution in [3.8, 4) is 16.9 Å². The average Bonchev–Trinajstić information content (AvgIpc) is 2.94. The van der Waals surface area contributed by atoms with Crippen molar-refractivity contribution >= 4 is 15.9 Å². The summed E-state index contributed by atoms with van der Waals surface area (Å²) in [5, 5.41) is 0. The summed E-state index contributed by atoms with van der Waals surface area (Å²) < 4.78 is 7.31. The number of hydrogen-bond acceptors (Lipinski definition) is 2. The van der Waals surface area contributed by atoms with Crippen LogP contribution in [-0.4, -0.2) is 30.1 Å². The molecule has 0 amide bonds. The third kappa shape index (κ3) is 4.15. The van der Waals surface area contributed by atoms with Gasteiger partial charge >= 0.3 is 0 Å². The molecule has 3 heteroatoms. The molecular formula is C23H30BrNO. The zero-order valence-corrected chi connectivity index (χ0v) is 18.0. The van der Waals surface area contributed by atoms with Crippen LogP contribution in [0.25, 0.3) is 11.1 Å². The first-order valence-corrected chi connectivity index (χ1v) is 10.5. The first kappa shape index (κ1) is 19.4. The molecule has 3 rings (SSSR count). The number of likely N-dealkylation sites (tertiary alicyclic amines) is 1. The van der Waals surface area contributed by atoms with Crippen molar-refractivity contribution in [2.75, 3.05) is 13.2 Å². The van der Waals surface area contributed by atoms with Crippen LogP contribution >= 0.6 is 15.9 Å². The Morgan fingerprint density at radius 1 is 0.962 bits per heavy atom. The van der Waals surface area contributed by atoms with Crippen LogP contribution in [-0.2, 0) is 0 Å². The second kappa shape index (κ2) is 8.58. The van der Waals surface area contributed by atoms with Crippen molar-refractivity contribution in [3.05, 3.63) is 52.0 Å². The molecule has 0 spiro atoms.